The molecule has 1 aromatic carbocycles. The summed E-state index contributed by atoms with van der Waals surface area (Å²) in [5.74, 6) is 1.29. The molecule has 0 aromatic heterocycles. The van der Waals surface area contributed by atoms with Crippen LogP contribution in [0.3, 0.4) is 0 Å². The van der Waals surface area contributed by atoms with Crippen molar-refractivity contribution in [3.63, 3.8) is 0 Å². The second-order valence-electron chi connectivity index (χ2n) is 5.75. The van der Waals surface area contributed by atoms with E-state index in [1.165, 1.54) is 12.8 Å². The lowest BCUT2D eigenvalue weighted by Gasteiger charge is -2.34. The largest absolute Gasteiger partial charge is 0.349 e. The number of rotatable bonds is 3. The first-order valence-corrected chi connectivity index (χ1v) is 7.21. The highest BCUT2D eigenvalue weighted by molar-refractivity contribution is 5.94. The zero-order chi connectivity index (χ0) is 13.8. The van der Waals surface area contributed by atoms with Crippen molar-refractivity contribution in [1.82, 2.24) is 5.32 Å². The Bertz CT molecular complexity index is 433. The number of hydrogen-bond donors (Lipinski definition) is 2. The zero-order valence-corrected chi connectivity index (χ0v) is 13.1. The minimum Gasteiger partial charge on any atom is -0.349 e. The topological polar surface area (TPSA) is 55.1 Å². The van der Waals surface area contributed by atoms with Gasteiger partial charge in [-0.05, 0) is 36.0 Å². The summed E-state index contributed by atoms with van der Waals surface area (Å²) < 4.78 is 0. The van der Waals surface area contributed by atoms with E-state index >= 15 is 0 Å². The van der Waals surface area contributed by atoms with E-state index in [1.54, 1.807) is 0 Å². The quantitative estimate of drug-likeness (QED) is 0.900. The van der Waals surface area contributed by atoms with E-state index in [0.29, 0.717) is 24.4 Å². The first kappa shape index (κ1) is 17.0. The van der Waals surface area contributed by atoms with Crippen LogP contribution in [-0.4, -0.2) is 11.9 Å². The second-order valence-corrected chi connectivity index (χ2v) is 5.75. The molecule has 1 aliphatic carbocycles. The third-order valence-electron chi connectivity index (χ3n) is 4.48. The van der Waals surface area contributed by atoms with Crippen molar-refractivity contribution in [1.29, 1.82) is 0 Å². The Morgan fingerprint density at radius 3 is 2.50 bits per heavy atom. The molecule has 20 heavy (non-hydrogen) atoms. The number of amides is 1. The lowest BCUT2D eigenvalue weighted by Crippen LogP contribution is -2.43. The Hall–Kier alpha value is -1.06. The summed E-state index contributed by atoms with van der Waals surface area (Å²) in [5, 5.41) is 3.18. The van der Waals surface area contributed by atoms with Gasteiger partial charge in [-0.25, -0.2) is 0 Å². The molecule has 1 amide bonds. The molecule has 1 fully saturated rings. The van der Waals surface area contributed by atoms with Crippen LogP contribution in [0.4, 0.5) is 0 Å². The predicted molar refractivity (Wildman–Crippen MR) is 85.0 cm³/mol. The molecule has 0 bridgehead atoms. The molecule has 112 valence electrons. The normalized spacial score (nSPS) is 25.6. The summed E-state index contributed by atoms with van der Waals surface area (Å²) in [6.45, 7) is 5.03. The molecule has 0 heterocycles. The molecule has 3 N–H and O–H groups in total. The minimum atomic E-state index is 0. The molecule has 2 rings (SSSR count). The molecule has 0 radical (unpaired) electrons. The van der Waals surface area contributed by atoms with Gasteiger partial charge >= 0.3 is 0 Å². The van der Waals surface area contributed by atoms with Gasteiger partial charge in [0.05, 0.1) is 0 Å². The fraction of sp³-hybridized carbons (Fsp3) is 0.562. The van der Waals surface area contributed by atoms with Gasteiger partial charge in [0.2, 0.25) is 0 Å². The van der Waals surface area contributed by atoms with Crippen molar-refractivity contribution < 1.29 is 4.79 Å². The van der Waals surface area contributed by atoms with Crippen molar-refractivity contribution >= 4 is 18.3 Å². The van der Waals surface area contributed by atoms with E-state index in [0.717, 1.165) is 17.5 Å². The second kappa shape index (κ2) is 7.65. The van der Waals surface area contributed by atoms with Crippen molar-refractivity contribution in [2.45, 2.75) is 45.7 Å². The fourth-order valence-electron chi connectivity index (χ4n) is 2.83. The van der Waals surface area contributed by atoms with Gasteiger partial charge in [0, 0.05) is 18.2 Å². The van der Waals surface area contributed by atoms with Gasteiger partial charge in [0.15, 0.2) is 0 Å². The number of halogens is 1. The molecule has 3 atom stereocenters. The highest BCUT2D eigenvalue weighted by Crippen LogP contribution is 2.29. The molecule has 3 nitrogen and oxygen atoms in total. The molecule has 3 unspecified atom stereocenters. The predicted octanol–water partition coefficient (Wildman–Crippen LogP) is 3.12. The van der Waals surface area contributed by atoms with Crippen molar-refractivity contribution in [2.24, 2.45) is 17.6 Å². The average molecular weight is 297 g/mol. The van der Waals surface area contributed by atoms with Gasteiger partial charge in [-0.3, -0.25) is 4.79 Å². The third-order valence-corrected chi connectivity index (χ3v) is 4.48. The molecule has 1 aliphatic rings. The van der Waals surface area contributed by atoms with E-state index in [-0.39, 0.29) is 18.3 Å². The van der Waals surface area contributed by atoms with Crippen molar-refractivity contribution in [2.75, 3.05) is 0 Å². The standard InChI is InChI=1S/C16H24N2O.ClH/c1-11-4-3-5-15(12(11)2)18-16(19)14-8-6-13(10-17)7-9-14;/h6-9,11-12,15H,3-5,10,17H2,1-2H3,(H,18,19);1H. The third kappa shape index (κ3) is 3.97. The van der Waals surface area contributed by atoms with Gasteiger partial charge in [0.25, 0.3) is 5.91 Å². The summed E-state index contributed by atoms with van der Waals surface area (Å²) in [6.07, 6.45) is 3.58. The van der Waals surface area contributed by atoms with Gasteiger partial charge in [0.1, 0.15) is 0 Å². The Morgan fingerprint density at radius 1 is 1.25 bits per heavy atom. The Morgan fingerprint density at radius 2 is 1.90 bits per heavy atom. The van der Waals surface area contributed by atoms with Crippen LogP contribution in [0.25, 0.3) is 0 Å². The maximum Gasteiger partial charge on any atom is 0.251 e. The van der Waals surface area contributed by atoms with Crippen LogP contribution in [0.2, 0.25) is 0 Å². The Balaban J connectivity index is 0.00000200. The van der Waals surface area contributed by atoms with Crippen LogP contribution >= 0.6 is 12.4 Å². The molecule has 4 heteroatoms. The van der Waals surface area contributed by atoms with Crippen molar-refractivity contribution in [3.05, 3.63) is 35.4 Å². The first-order chi connectivity index (χ1) is 9.11. The monoisotopic (exact) mass is 296 g/mol. The van der Waals surface area contributed by atoms with Crippen LogP contribution < -0.4 is 11.1 Å². The lowest BCUT2D eigenvalue weighted by atomic mass is 9.78. The van der Waals surface area contributed by atoms with E-state index in [4.69, 9.17) is 5.73 Å². The number of nitrogens with two attached hydrogens (primary N) is 1. The van der Waals surface area contributed by atoms with E-state index in [9.17, 15) is 4.79 Å². The minimum absolute atomic E-state index is 0. The van der Waals surface area contributed by atoms with Gasteiger partial charge < -0.3 is 11.1 Å². The van der Waals surface area contributed by atoms with E-state index in [2.05, 4.69) is 19.2 Å². The summed E-state index contributed by atoms with van der Waals surface area (Å²) >= 11 is 0. The summed E-state index contributed by atoms with van der Waals surface area (Å²) in [4.78, 5) is 12.2. The number of nitrogens with one attached hydrogen (secondary N) is 1. The Labute approximate surface area is 127 Å². The summed E-state index contributed by atoms with van der Waals surface area (Å²) in [7, 11) is 0. The maximum absolute atomic E-state index is 12.2. The van der Waals surface area contributed by atoms with Crippen molar-refractivity contribution in [3.8, 4) is 0 Å². The van der Waals surface area contributed by atoms with E-state index in [1.807, 2.05) is 24.3 Å². The van der Waals surface area contributed by atoms with Crippen LogP contribution in [0, 0.1) is 11.8 Å². The summed E-state index contributed by atoms with van der Waals surface area (Å²) in [6, 6.07) is 7.86. The van der Waals surface area contributed by atoms with Gasteiger partial charge in [-0.15, -0.1) is 12.4 Å². The fourth-order valence-corrected chi connectivity index (χ4v) is 2.83. The number of carbonyl (C=O) groups is 1. The molecule has 1 aromatic rings. The number of hydrogen-bond acceptors (Lipinski definition) is 2. The maximum atomic E-state index is 12.2. The number of benzene rings is 1. The molecular formula is C16H25ClN2O. The molecule has 0 aliphatic heterocycles. The smallest absolute Gasteiger partial charge is 0.251 e. The van der Waals surface area contributed by atoms with E-state index < -0.39 is 0 Å². The van der Waals surface area contributed by atoms with Crippen LogP contribution in [0.15, 0.2) is 24.3 Å². The molecule has 0 spiro atoms. The average Bonchev–Trinajstić information content (AvgIpc) is 2.44. The highest BCUT2D eigenvalue weighted by atomic mass is 35.5. The molecule has 0 saturated heterocycles. The van der Waals surface area contributed by atoms with Crippen LogP contribution in [-0.2, 0) is 6.54 Å². The first-order valence-electron chi connectivity index (χ1n) is 7.21. The van der Waals surface area contributed by atoms with Gasteiger partial charge in [-0.1, -0.05) is 38.8 Å². The van der Waals surface area contributed by atoms with Crippen LogP contribution in [0.1, 0.15) is 49.0 Å². The highest BCUT2D eigenvalue weighted by Gasteiger charge is 2.28. The zero-order valence-electron chi connectivity index (χ0n) is 12.3. The molecular weight excluding hydrogens is 272 g/mol. The SMILES string of the molecule is CC1CCCC(NC(=O)c2ccc(CN)cc2)C1C.Cl. The number of carbonyl (C=O) groups excluding carboxylic acids is 1. The lowest BCUT2D eigenvalue weighted by molar-refractivity contribution is 0.0891. The molecule has 1 saturated carbocycles. The van der Waals surface area contributed by atoms with Gasteiger partial charge in [-0.2, -0.15) is 0 Å². The van der Waals surface area contributed by atoms with Crippen LogP contribution in [0.5, 0.6) is 0 Å². The Kier molecular flexibility index (Phi) is 6.50. The summed E-state index contributed by atoms with van der Waals surface area (Å²) in [5.41, 5.74) is 7.34.